The molecular weight excluding hydrogens is 286 g/mol. The Morgan fingerprint density at radius 2 is 1.94 bits per heavy atom. The maximum atomic E-state index is 5.87. The van der Waals surface area contributed by atoms with Crippen LogP contribution in [0.1, 0.15) is 0 Å². The van der Waals surface area contributed by atoms with Gasteiger partial charge in [-0.1, -0.05) is 23.7 Å². The Bertz CT molecular complexity index is 678. The number of anilines is 1. The van der Waals surface area contributed by atoms with Crippen molar-refractivity contribution in [3.05, 3.63) is 41.6 Å². The van der Waals surface area contributed by atoms with Crippen LogP contribution in [0.15, 0.2) is 45.8 Å². The second kappa shape index (κ2) is 4.76. The highest BCUT2D eigenvalue weighted by molar-refractivity contribution is 8.01. The number of aromatic nitrogens is 2. The van der Waals surface area contributed by atoms with Gasteiger partial charge in [0.1, 0.15) is 10.2 Å². The number of fused-ring (bicyclic) bond motifs is 1. The van der Waals surface area contributed by atoms with Crippen molar-refractivity contribution in [1.82, 2.24) is 9.97 Å². The molecule has 0 saturated carbocycles. The number of hydrogen-bond acceptors (Lipinski definition) is 5. The zero-order valence-electron chi connectivity index (χ0n) is 9.13. The van der Waals surface area contributed by atoms with Gasteiger partial charge < -0.3 is 5.73 Å². The number of benzene rings is 1. The van der Waals surface area contributed by atoms with E-state index in [1.165, 1.54) is 11.8 Å². The molecule has 6 heteroatoms. The van der Waals surface area contributed by atoms with Gasteiger partial charge in [-0.15, -0.1) is 11.3 Å². The van der Waals surface area contributed by atoms with Crippen LogP contribution < -0.4 is 5.73 Å². The summed E-state index contributed by atoms with van der Waals surface area (Å²) in [5, 5.41) is 1.13. The van der Waals surface area contributed by atoms with Crippen molar-refractivity contribution >= 4 is 50.6 Å². The van der Waals surface area contributed by atoms with Crippen molar-refractivity contribution in [1.29, 1.82) is 0 Å². The molecule has 0 radical (unpaired) electrons. The van der Waals surface area contributed by atoms with E-state index in [4.69, 9.17) is 17.3 Å². The average molecular weight is 294 g/mol. The molecule has 0 amide bonds. The van der Waals surface area contributed by atoms with Gasteiger partial charge in [0, 0.05) is 0 Å². The number of halogens is 1. The lowest BCUT2D eigenvalue weighted by Gasteiger charge is -2.01. The van der Waals surface area contributed by atoms with Crippen LogP contribution >= 0.6 is 34.7 Å². The van der Waals surface area contributed by atoms with Crippen molar-refractivity contribution < 1.29 is 0 Å². The van der Waals surface area contributed by atoms with E-state index in [9.17, 15) is 0 Å². The molecule has 0 aliphatic heterocycles. The third kappa shape index (κ3) is 2.29. The molecule has 0 aliphatic carbocycles. The lowest BCUT2D eigenvalue weighted by Crippen LogP contribution is -1.91. The van der Waals surface area contributed by atoms with Gasteiger partial charge in [0.05, 0.1) is 15.9 Å². The first-order chi connectivity index (χ1) is 8.72. The number of pyridine rings is 1. The molecule has 0 fully saturated rings. The van der Waals surface area contributed by atoms with Crippen LogP contribution in [-0.2, 0) is 0 Å². The Morgan fingerprint density at radius 3 is 2.78 bits per heavy atom. The minimum absolute atomic E-state index is 0.438. The summed E-state index contributed by atoms with van der Waals surface area (Å²) in [4.78, 5) is 8.73. The third-order valence-corrected chi connectivity index (χ3v) is 4.64. The van der Waals surface area contributed by atoms with E-state index in [0.29, 0.717) is 15.9 Å². The first-order valence-corrected chi connectivity index (χ1v) is 7.19. The van der Waals surface area contributed by atoms with Crippen molar-refractivity contribution in [2.24, 2.45) is 0 Å². The Balaban J connectivity index is 1.98. The standard InChI is InChI=1S/C12H8ClN3S2/c13-10-6-5-7(14)11(16-10)18-12-15-8-3-1-2-4-9(8)17-12/h1-6H,14H2. The van der Waals surface area contributed by atoms with E-state index in [2.05, 4.69) is 9.97 Å². The van der Waals surface area contributed by atoms with Gasteiger partial charge in [-0.2, -0.15) is 0 Å². The molecule has 18 heavy (non-hydrogen) atoms. The molecule has 0 spiro atoms. The molecule has 0 unspecified atom stereocenters. The number of nitrogens with zero attached hydrogens (tertiary/aromatic N) is 2. The average Bonchev–Trinajstić information content (AvgIpc) is 2.76. The number of hydrogen-bond donors (Lipinski definition) is 1. The summed E-state index contributed by atoms with van der Waals surface area (Å²) in [5.74, 6) is 0. The molecular formula is C12H8ClN3S2. The fourth-order valence-corrected chi connectivity index (χ4v) is 3.69. The fraction of sp³-hybridized carbons (Fsp3) is 0. The van der Waals surface area contributed by atoms with Crippen LogP contribution in [0.4, 0.5) is 5.69 Å². The van der Waals surface area contributed by atoms with Crippen molar-refractivity contribution in [3.63, 3.8) is 0 Å². The smallest absolute Gasteiger partial charge is 0.157 e. The normalized spacial score (nSPS) is 10.9. The Hall–Kier alpha value is -1.30. The first-order valence-electron chi connectivity index (χ1n) is 5.18. The van der Waals surface area contributed by atoms with E-state index < -0.39 is 0 Å². The van der Waals surface area contributed by atoms with E-state index in [-0.39, 0.29) is 0 Å². The number of rotatable bonds is 2. The summed E-state index contributed by atoms with van der Waals surface area (Å²) in [6.45, 7) is 0. The molecule has 90 valence electrons. The van der Waals surface area contributed by atoms with Crippen LogP contribution in [0.3, 0.4) is 0 Å². The molecule has 2 heterocycles. The van der Waals surface area contributed by atoms with Crippen LogP contribution in [0.2, 0.25) is 5.15 Å². The van der Waals surface area contributed by atoms with E-state index in [1.54, 1.807) is 23.5 Å². The monoisotopic (exact) mass is 293 g/mol. The predicted molar refractivity (Wildman–Crippen MR) is 77.4 cm³/mol. The summed E-state index contributed by atoms with van der Waals surface area (Å²) in [6, 6.07) is 11.4. The topological polar surface area (TPSA) is 51.8 Å². The Kier molecular flexibility index (Phi) is 3.11. The second-order valence-electron chi connectivity index (χ2n) is 3.58. The molecule has 3 nitrogen and oxygen atoms in total. The molecule has 1 aromatic carbocycles. The van der Waals surface area contributed by atoms with E-state index in [0.717, 1.165) is 14.6 Å². The fourth-order valence-electron chi connectivity index (χ4n) is 1.49. The van der Waals surface area contributed by atoms with Gasteiger partial charge in [0.25, 0.3) is 0 Å². The molecule has 3 aromatic rings. The zero-order chi connectivity index (χ0) is 12.5. The SMILES string of the molecule is Nc1ccc(Cl)nc1Sc1nc2ccccc2s1. The lowest BCUT2D eigenvalue weighted by molar-refractivity contribution is 1.14. The predicted octanol–water partition coefficient (Wildman–Crippen LogP) is 4.08. The Labute approximate surface area is 117 Å². The van der Waals surface area contributed by atoms with Crippen LogP contribution in [0.25, 0.3) is 10.2 Å². The minimum Gasteiger partial charge on any atom is -0.397 e. The summed E-state index contributed by atoms with van der Waals surface area (Å²) < 4.78 is 2.07. The molecule has 2 aromatic heterocycles. The summed E-state index contributed by atoms with van der Waals surface area (Å²) in [5.41, 5.74) is 7.47. The highest BCUT2D eigenvalue weighted by Crippen LogP contribution is 2.36. The molecule has 0 atom stereocenters. The minimum atomic E-state index is 0.438. The van der Waals surface area contributed by atoms with E-state index >= 15 is 0 Å². The summed E-state index contributed by atoms with van der Waals surface area (Å²) >= 11 is 8.93. The van der Waals surface area contributed by atoms with Gasteiger partial charge in [-0.3, -0.25) is 0 Å². The highest BCUT2D eigenvalue weighted by Gasteiger charge is 2.09. The lowest BCUT2D eigenvalue weighted by atomic mass is 10.3. The third-order valence-electron chi connectivity index (χ3n) is 2.31. The van der Waals surface area contributed by atoms with Crippen LogP contribution in [-0.4, -0.2) is 9.97 Å². The second-order valence-corrected chi connectivity index (χ2v) is 6.23. The largest absolute Gasteiger partial charge is 0.397 e. The van der Waals surface area contributed by atoms with Crippen molar-refractivity contribution in [3.8, 4) is 0 Å². The molecule has 2 N–H and O–H groups in total. The summed E-state index contributed by atoms with van der Waals surface area (Å²) in [6.07, 6.45) is 0. The quantitative estimate of drug-likeness (QED) is 0.723. The molecule has 0 bridgehead atoms. The Morgan fingerprint density at radius 1 is 1.11 bits per heavy atom. The number of thiazole rings is 1. The van der Waals surface area contributed by atoms with Crippen LogP contribution in [0.5, 0.6) is 0 Å². The van der Waals surface area contributed by atoms with Gasteiger partial charge in [0.15, 0.2) is 4.34 Å². The van der Waals surface area contributed by atoms with Gasteiger partial charge in [-0.25, -0.2) is 9.97 Å². The highest BCUT2D eigenvalue weighted by atomic mass is 35.5. The first kappa shape index (κ1) is 11.8. The maximum absolute atomic E-state index is 5.87. The number of para-hydroxylation sites is 1. The molecule has 0 saturated heterocycles. The maximum Gasteiger partial charge on any atom is 0.157 e. The van der Waals surface area contributed by atoms with Gasteiger partial charge >= 0.3 is 0 Å². The number of nitrogen functional groups attached to an aromatic ring is 1. The summed E-state index contributed by atoms with van der Waals surface area (Å²) in [7, 11) is 0. The van der Waals surface area contributed by atoms with Crippen molar-refractivity contribution in [2.45, 2.75) is 9.37 Å². The van der Waals surface area contributed by atoms with E-state index in [1.807, 2.05) is 24.3 Å². The van der Waals surface area contributed by atoms with Gasteiger partial charge in [0.2, 0.25) is 0 Å². The zero-order valence-corrected chi connectivity index (χ0v) is 11.5. The number of nitrogens with two attached hydrogens (primary N) is 1. The van der Waals surface area contributed by atoms with Crippen LogP contribution in [0, 0.1) is 0 Å². The van der Waals surface area contributed by atoms with Gasteiger partial charge in [-0.05, 0) is 36.0 Å². The van der Waals surface area contributed by atoms with Crippen molar-refractivity contribution in [2.75, 3.05) is 5.73 Å². The molecule has 3 rings (SSSR count). The molecule has 0 aliphatic rings.